The van der Waals surface area contributed by atoms with Crippen LogP contribution in [-0.2, 0) is 0 Å². The molecule has 3 aromatic rings. The Bertz CT molecular complexity index is 880. The van der Waals surface area contributed by atoms with Crippen LogP contribution >= 0.6 is 0 Å². The minimum Gasteiger partial charge on any atom is -0.316 e. The third kappa shape index (κ3) is 3.46. The third-order valence-electron chi connectivity index (χ3n) is 4.58. The highest BCUT2D eigenvalue weighted by Gasteiger charge is 2.16. The summed E-state index contributed by atoms with van der Waals surface area (Å²) < 4.78 is 0. The summed E-state index contributed by atoms with van der Waals surface area (Å²) in [6.07, 6.45) is 2.89. The van der Waals surface area contributed by atoms with Gasteiger partial charge in [-0.2, -0.15) is 0 Å². The van der Waals surface area contributed by atoms with Crippen LogP contribution in [0, 0.1) is 0 Å². The van der Waals surface area contributed by atoms with Gasteiger partial charge in [0, 0.05) is 23.8 Å². The molecule has 4 rings (SSSR count). The summed E-state index contributed by atoms with van der Waals surface area (Å²) in [6.45, 7) is 2.10. The molecule has 0 saturated carbocycles. The van der Waals surface area contributed by atoms with Crippen LogP contribution in [-0.4, -0.2) is 24.1 Å². The fourth-order valence-corrected chi connectivity index (χ4v) is 3.27. The summed E-state index contributed by atoms with van der Waals surface area (Å²) in [5.41, 5.74) is 3.57. The number of pyridine rings is 1. The SMILES string of the molecule is O=C(Nc1ccc(C2CCNC2)cc1)Nc1cccc2cccnc12. The maximum absolute atomic E-state index is 12.3. The largest absolute Gasteiger partial charge is 0.323 e. The number of aromatic nitrogens is 1. The lowest BCUT2D eigenvalue weighted by atomic mass is 9.98. The van der Waals surface area contributed by atoms with Gasteiger partial charge in [0.1, 0.15) is 0 Å². The van der Waals surface area contributed by atoms with Crippen molar-refractivity contribution in [1.82, 2.24) is 10.3 Å². The van der Waals surface area contributed by atoms with Crippen molar-refractivity contribution < 1.29 is 4.79 Å². The maximum Gasteiger partial charge on any atom is 0.323 e. The van der Waals surface area contributed by atoms with Gasteiger partial charge in [0.25, 0.3) is 0 Å². The minimum absolute atomic E-state index is 0.270. The van der Waals surface area contributed by atoms with Crippen LogP contribution in [0.5, 0.6) is 0 Å². The molecule has 0 spiro atoms. The lowest BCUT2D eigenvalue weighted by Crippen LogP contribution is -2.19. The Morgan fingerprint density at radius 3 is 2.68 bits per heavy atom. The second kappa shape index (κ2) is 6.91. The van der Waals surface area contributed by atoms with Crippen LogP contribution in [0.15, 0.2) is 60.8 Å². The second-order valence-corrected chi connectivity index (χ2v) is 6.27. The number of fused-ring (bicyclic) bond motifs is 1. The van der Waals surface area contributed by atoms with Gasteiger partial charge in [-0.05, 0) is 48.7 Å². The number of nitrogens with zero attached hydrogens (tertiary/aromatic N) is 1. The molecule has 5 nitrogen and oxygen atoms in total. The third-order valence-corrected chi connectivity index (χ3v) is 4.58. The monoisotopic (exact) mass is 332 g/mol. The Hall–Kier alpha value is -2.92. The molecule has 0 radical (unpaired) electrons. The number of nitrogens with one attached hydrogen (secondary N) is 3. The normalized spacial score (nSPS) is 16.7. The summed E-state index contributed by atoms with van der Waals surface area (Å²) in [7, 11) is 0. The van der Waals surface area contributed by atoms with Crippen LogP contribution in [0.4, 0.5) is 16.2 Å². The number of anilines is 2. The van der Waals surface area contributed by atoms with E-state index >= 15 is 0 Å². The van der Waals surface area contributed by atoms with E-state index in [0.29, 0.717) is 11.6 Å². The van der Waals surface area contributed by atoms with Crippen LogP contribution in [0.2, 0.25) is 0 Å². The molecule has 1 aliphatic rings. The molecule has 1 unspecified atom stereocenters. The van der Waals surface area contributed by atoms with Crippen molar-refractivity contribution in [3.05, 3.63) is 66.4 Å². The number of rotatable bonds is 3. The minimum atomic E-state index is -0.270. The highest BCUT2D eigenvalue weighted by molar-refractivity contribution is 6.04. The average molecular weight is 332 g/mol. The quantitative estimate of drug-likeness (QED) is 0.680. The van der Waals surface area contributed by atoms with Crippen molar-refractivity contribution in [3.8, 4) is 0 Å². The standard InChI is InChI=1S/C20H20N4O/c25-20(24-18-5-1-3-15-4-2-11-22-19(15)18)23-17-8-6-14(7-9-17)16-10-12-21-13-16/h1-9,11,16,21H,10,12-13H2,(H2,23,24,25). The zero-order valence-corrected chi connectivity index (χ0v) is 13.8. The molecule has 126 valence electrons. The van der Waals surface area contributed by atoms with Crippen LogP contribution in [0.1, 0.15) is 17.9 Å². The first-order chi connectivity index (χ1) is 12.3. The molecule has 5 heteroatoms. The molecule has 1 aliphatic heterocycles. The lowest BCUT2D eigenvalue weighted by Gasteiger charge is -2.12. The molecular formula is C20H20N4O. The second-order valence-electron chi connectivity index (χ2n) is 6.27. The van der Waals surface area contributed by atoms with Gasteiger partial charge >= 0.3 is 6.03 Å². The number of para-hydroxylation sites is 1. The molecule has 2 aromatic carbocycles. The van der Waals surface area contributed by atoms with Crippen molar-refractivity contribution in [3.63, 3.8) is 0 Å². The van der Waals surface area contributed by atoms with Gasteiger partial charge in [-0.25, -0.2) is 4.79 Å². The van der Waals surface area contributed by atoms with Crippen LogP contribution in [0.25, 0.3) is 10.9 Å². The number of hydrogen-bond donors (Lipinski definition) is 3. The Kier molecular flexibility index (Phi) is 4.31. The number of urea groups is 1. The molecule has 1 saturated heterocycles. The molecule has 2 amide bonds. The Labute approximate surface area is 146 Å². The Morgan fingerprint density at radius 2 is 1.88 bits per heavy atom. The van der Waals surface area contributed by atoms with E-state index in [9.17, 15) is 4.79 Å². The van der Waals surface area contributed by atoms with E-state index in [-0.39, 0.29) is 6.03 Å². The van der Waals surface area contributed by atoms with Crippen molar-refractivity contribution in [2.45, 2.75) is 12.3 Å². The molecule has 1 fully saturated rings. The van der Waals surface area contributed by atoms with Gasteiger partial charge in [-0.3, -0.25) is 4.98 Å². The van der Waals surface area contributed by atoms with E-state index in [2.05, 4.69) is 33.1 Å². The first kappa shape index (κ1) is 15.6. The van der Waals surface area contributed by atoms with Gasteiger partial charge in [0.2, 0.25) is 0 Å². The molecule has 0 bridgehead atoms. The van der Waals surface area contributed by atoms with Crippen LogP contribution < -0.4 is 16.0 Å². The van der Waals surface area contributed by atoms with Crippen molar-refractivity contribution in [2.75, 3.05) is 23.7 Å². The topological polar surface area (TPSA) is 66.1 Å². The molecular weight excluding hydrogens is 312 g/mol. The number of carbonyl (C=O) groups excluding carboxylic acids is 1. The highest BCUT2D eigenvalue weighted by Crippen LogP contribution is 2.24. The summed E-state index contributed by atoms with van der Waals surface area (Å²) in [6, 6.07) is 17.4. The van der Waals surface area contributed by atoms with E-state index in [1.165, 1.54) is 12.0 Å². The molecule has 2 heterocycles. The zero-order chi connectivity index (χ0) is 17.1. The molecule has 25 heavy (non-hydrogen) atoms. The molecule has 3 N–H and O–H groups in total. The first-order valence-electron chi connectivity index (χ1n) is 8.52. The van der Waals surface area contributed by atoms with Gasteiger partial charge in [-0.1, -0.05) is 30.3 Å². The predicted octanol–water partition coefficient (Wildman–Crippen LogP) is 3.96. The number of benzene rings is 2. The lowest BCUT2D eigenvalue weighted by molar-refractivity contribution is 0.262. The smallest absolute Gasteiger partial charge is 0.316 e. The number of carbonyl (C=O) groups is 1. The van der Waals surface area contributed by atoms with E-state index in [0.717, 1.165) is 29.7 Å². The predicted molar refractivity (Wildman–Crippen MR) is 101 cm³/mol. The number of amides is 2. The van der Waals surface area contributed by atoms with Crippen LogP contribution in [0.3, 0.4) is 0 Å². The van der Waals surface area contributed by atoms with Crippen molar-refractivity contribution in [2.24, 2.45) is 0 Å². The first-order valence-corrected chi connectivity index (χ1v) is 8.52. The summed E-state index contributed by atoms with van der Waals surface area (Å²) in [4.78, 5) is 16.7. The Balaban J connectivity index is 1.44. The summed E-state index contributed by atoms with van der Waals surface area (Å²) >= 11 is 0. The van der Waals surface area contributed by atoms with E-state index in [1.807, 2.05) is 42.5 Å². The van der Waals surface area contributed by atoms with E-state index in [1.54, 1.807) is 6.20 Å². The van der Waals surface area contributed by atoms with Gasteiger partial charge in [0.15, 0.2) is 0 Å². The number of hydrogen-bond acceptors (Lipinski definition) is 3. The zero-order valence-electron chi connectivity index (χ0n) is 13.8. The molecule has 0 aliphatic carbocycles. The van der Waals surface area contributed by atoms with Gasteiger partial charge in [0.05, 0.1) is 11.2 Å². The van der Waals surface area contributed by atoms with Crippen molar-refractivity contribution in [1.29, 1.82) is 0 Å². The summed E-state index contributed by atoms with van der Waals surface area (Å²) in [5.74, 6) is 0.574. The molecule has 1 atom stereocenters. The maximum atomic E-state index is 12.3. The average Bonchev–Trinajstić information content (AvgIpc) is 3.17. The van der Waals surface area contributed by atoms with E-state index < -0.39 is 0 Å². The highest BCUT2D eigenvalue weighted by atomic mass is 16.2. The van der Waals surface area contributed by atoms with E-state index in [4.69, 9.17) is 0 Å². The van der Waals surface area contributed by atoms with Crippen molar-refractivity contribution >= 4 is 28.3 Å². The fraction of sp³-hybridized carbons (Fsp3) is 0.200. The Morgan fingerprint density at radius 1 is 1.04 bits per heavy atom. The fourth-order valence-electron chi connectivity index (χ4n) is 3.27. The van der Waals surface area contributed by atoms with Gasteiger partial charge in [-0.15, -0.1) is 0 Å². The van der Waals surface area contributed by atoms with Gasteiger partial charge < -0.3 is 16.0 Å². The summed E-state index contributed by atoms with van der Waals surface area (Å²) in [5, 5.41) is 10.1. The molecule has 1 aromatic heterocycles.